The molecule has 1 atom stereocenters. The van der Waals surface area contributed by atoms with Gasteiger partial charge in [-0.25, -0.2) is 0 Å². The van der Waals surface area contributed by atoms with E-state index in [9.17, 15) is 4.79 Å². The number of carbonyl (C=O) groups excluding carboxylic acids is 1. The van der Waals surface area contributed by atoms with Gasteiger partial charge in [-0.15, -0.1) is 0 Å². The molecule has 0 amide bonds. The minimum Gasteiger partial charge on any atom is -0.299 e. The van der Waals surface area contributed by atoms with Crippen molar-refractivity contribution in [3.8, 4) is 0 Å². The highest BCUT2D eigenvalue weighted by Crippen LogP contribution is 2.07. The molecule has 0 fully saturated rings. The second-order valence-corrected chi connectivity index (χ2v) is 3.31. The number of pyridine rings is 1. The fourth-order valence-electron chi connectivity index (χ4n) is 0.886. The van der Waals surface area contributed by atoms with Crippen molar-refractivity contribution in [3.63, 3.8) is 0 Å². The van der Waals surface area contributed by atoms with E-state index in [-0.39, 0.29) is 11.0 Å². The topological polar surface area (TPSA) is 30.0 Å². The number of nitrogens with zero attached hydrogens (tertiary/aromatic N) is 1. The number of hydrogen-bond acceptors (Lipinski definition) is 3. The van der Waals surface area contributed by atoms with Crippen molar-refractivity contribution in [1.29, 1.82) is 0 Å². The Labute approximate surface area is 77.4 Å². The maximum Gasteiger partial charge on any atom is 0.142 e. The molecule has 0 bridgehead atoms. The molecule has 1 aromatic heterocycles. The van der Waals surface area contributed by atoms with Gasteiger partial charge in [0.25, 0.3) is 0 Å². The number of Topliss-reactive ketones (excluding diaryl/α,β-unsaturated/α-hetero) is 1. The van der Waals surface area contributed by atoms with Crippen molar-refractivity contribution in [3.05, 3.63) is 30.1 Å². The van der Waals surface area contributed by atoms with Gasteiger partial charge in [0, 0.05) is 12.4 Å². The highest BCUT2D eigenvalue weighted by Gasteiger charge is 2.08. The maximum absolute atomic E-state index is 10.9. The number of hydrogen-bond donors (Lipinski definition) is 1. The third kappa shape index (κ3) is 2.66. The molecule has 0 aliphatic heterocycles. The number of thiol groups is 1. The summed E-state index contributed by atoms with van der Waals surface area (Å²) in [5.41, 5.74) is 1.10. The van der Waals surface area contributed by atoms with Crippen LogP contribution in [0.15, 0.2) is 24.5 Å². The largest absolute Gasteiger partial charge is 0.299 e. The van der Waals surface area contributed by atoms with Gasteiger partial charge in [-0.1, -0.05) is 0 Å². The molecule has 1 rings (SSSR count). The van der Waals surface area contributed by atoms with Crippen molar-refractivity contribution in [2.24, 2.45) is 0 Å². The molecular weight excluding hydrogens is 170 g/mol. The van der Waals surface area contributed by atoms with Crippen LogP contribution in [0.1, 0.15) is 12.5 Å². The molecule has 0 radical (unpaired) electrons. The van der Waals surface area contributed by atoms with Crippen LogP contribution in [0.25, 0.3) is 0 Å². The van der Waals surface area contributed by atoms with Crippen molar-refractivity contribution in [2.75, 3.05) is 0 Å². The van der Waals surface area contributed by atoms with Gasteiger partial charge in [0.15, 0.2) is 0 Å². The van der Waals surface area contributed by atoms with E-state index in [2.05, 4.69) is 17.6 Å². The van der Waals surface area contributed by atoms with Crippen LogP contribution in [0.3, 0.4) is 0 Å². The summed E-state index contributed by atoms with van der Waals surface area (Å²) in [5, 5.41) is -0.188. The predicted molar refractivity (Wildman–Crippen MR) is 51.4 cm³/mol. The molecular formula is C9H11NOS. The lowest BCUT2D eigenvalue weighted by atomic mass is 10.1. The third-order valence-electron chi connectivity index (χ3n) is 1.65. The summed E-state index contributed by atoms with van der Waals surface area (Å²) in [4.78, 5) is 14.7. The van der Waals surface area contributed by atoms with Crippen molar-refractivity contribution in [1.82, 2.24) is 4.98 Å². The van der Waals surface area contributed by atoms with E-state index in [1.807, 2.05) is 12.1 Å². The van der Waals surface area contributed by atoms with Crippen LogP contribution in [0.2, 0.25) is 0 Å². The van der Waals surface area contributed by atoms with Gasteiger partial charge in [0.2, 0.25) is 0 Å². The van der Waals surface area contributed by atoms with E-state index < -0.39 is 0 Å². The van der Waals surface area contributed by atoms with Gasteiger partial charge in [-0.05, 0) is 31.0 Å². The van der Waals surface area contributed by atoms with E-state index in [1.54, 1.807) is 19.3 Å². The average Bonchev–Trinajstić information content (AvgIpc) is 2.06. The average molecular weight is 181 g/mol. The highest BCUT2D eigenvalue weighted by atomic mass is 32.1. The second kappa shape index (κ2) is 4.26. The molecule has 64 valence electrons. The van der Waals surface area contributed by atoms with Gasteiger partial charge in [-0.3, -0.25) is 9.78 Å². The molecule has 1 heterocycles. The first-order valence-corrected chi connectivity index (χ1v) is 4.29. The normalized spacial score (nSPS) is 12.5. The van der Waals surface area contributed by atoms with Crippen LogP contribution in [-0.2, 0) is 11.2 Å². The molecule has 0 aliphatic carbocycles. The quantitative estimate of drug-likeness (QED) is 0.716. The van der Waals surface area contributed by atoms with Crippen molar-refractivity contribution < 1.29 is 4.79 Å². The second-order valence-electron chi connectivity index (χ2n) is 2.69. The van der Waals surface area contributed by atoms with E-state index in [0.717, 1.165) is 5.56 Å². The Morgan fingerprint density at radius 3 is 2.67 bits per heavy atom. The number of aromatic nitrogens is 1. The molecule has 12 heavy (non-hydrogen) atoms. The lowest BCUT2D eigenvalue weighted by molar-refractivity contribution is -0.116. The van der Waals surface area contributed by atoms with Crippen LogP contribution in [0.5, 0.6) is 0 Å². The summed E-state index contributed by atoms with van der Waals surface area (Å²) < 4.78 is 0. The van der Waals surface area contributed by atoms with E-state index in [1.165, 1.54) is 0 Å². The smallest absolute Gasteiger partial charge is 0.142 e. The van der Waals surface area contributed by atoms with Gasteiger partial charge in [-0.2, -0.15) is 12.6 Å². The van der Waals surface area contributed by atoms with Crippen LogP contribution in [-0.4, -0.2) is 16.0 Å². The van der Waals surface area contributed by atoms with Gasteiger partial charge < -0.3 is 0 Å². The minimum atomic E-state index is -0.188. The highest BCUT2D eigenvalue weighted by molar-refractivity contribution is 7.81. The van der Waals surface area contributed by atoms with E-state index in [4.69, 9.17) is 0 Å². The molecule has 0 saturated heterocycles. The molecule has 0 aromatic carbocycles. The lowest BCUT2D eigenvalue weighted by Gasteiger charge is -2.05. The first-order valence-electron chi connectivity index (χ1n) is 3.77. The molecule has 0 saturated carbocycles. The van der Waals surface area contributed by atoms with Crippen LogP contribution >= 0.6 is 12.6 Å². The summed E-state index contributed by atoms with van der Waals surface area (Å²) in [6.45, 7) is 1.55. The third-order valence-corrected chi connectivity index (χ3v) is 2.19. The Hall–Kier alpha value is -0.830. The predicted octanol–water partition coefficient (Wildman–Crippen LogP) is 1.51. The molecule has 1 aromatic rings. The molecule has 0 aliphatic rings. The molecule has 3 heteroatoms. The molecule has 1 unspecified atom stereocenters. The van der Waals surface area contributed by atoms with Crippen LogP contribution in [0.4, 0.5) is 0 Å². The first-order chi connectivity index (χ1) is 5.70. The van der Waals surface area contributed by atoms with Crippen molar-refractivity contribution >= 4 is 18.4 Å². The Balaban J connectivity index is 2.58. The summed E-state index contributed by atoms with van der Waals surface area (Å²) in [5.74, 6) is 0.107. The molecule has 0 spiro atoms. The van der Waals surface area contributed by atoms with E-state index in [0.29, 0.717) is 6.42 Å². The van der Waals surface area contributed by atoms with Gasteiger partial charge >= 0.3 is 0 Å². The minimum absolute atomic E-state index is 0.107. The number of rotatable bonds is 3. The summed E-state index contributed by atoms with van der Waals surface area (Å²) in [6.07, 6.45) is 4.12. The monoisotopic (exact) mass is 181 g/mol. The molecule has 0 N–H and O–H groups in total. The summed E-state index contributed by atoms with van der Waals surface area (Å²) in [7, 11) is 0. The first kappa shape index (κ1) is 9.26. The number of carbonyl (C=O) groups is 1. The Bertz CT molecular complexity index is 260. The molecule has 2 nitrogen and oxygen atoms in total. The fraction of sp³-hybridized carbons (Fsp3) is 0.333. The Kier molecular flexibility index (Phi) is 3.29. The van der Waals surface area contributed by atoms with Crippen molar-refractivity contribution in [2.45, 2.75) is 18.6 Å². The fourth-order valence-corrected chi connectivity index (χ4v) is 1.10. The SMILES string of the molecule is CC(=O)C(S)Cc1ccncc1. The zero-order chi connectivity index (χ0) is 8.97. The zero-order valence-corrected chi connectivity index (χ0v) is 7.79. The Morgan fingerprint density at radius 1 is 1.58 bits per heavy atom. The van der Waals surface area contributed by atoms with Gasteiger partial charge in [0.1, 0.15) is 5.78 Å². The zero-order valence-electron chi connectivity index (χ0n) is 6.90. The van der Waals surface area contributed by atoms with E-state index >= 15 is 0 Å². The maximum atomic E-state index is 10.9. The van der Waals surface area contributed by atoms with Crippen LogP contribution in [0, 0.1) is 0 Å². The summed E-state index contributed by atoms with van der Waals surface area (Å²) >= 11 is 4.17. The van der Waals surface area contributed by atoms with Crippen LogP contribution < -0.4 is 0 Å². The Morgan fingerprint density at radius 2 is 2.17 bits per heavy atom. The summed E-state index contributed by atoms with van der Waals surface area (Å²) in [6, 6.07) is 3.79. The van der Waals surface area contributed by atoms with Gasteiger partial charge in [0.05, 0.1) is 5.25 Å². The number of ketones is 1. The lowest BCUT2D eigenvalue weighted by Crippen LogP contribution is -2.13. The standard InChI is InChI=1S/C9H11NOS/c1-7(11)9(12)6-8-2-4-10-5-3-8/h2-5,9,12H,6H2,1H3.